The molecule has 3 N–H and O–H groups in total. The van der Waals surface area contributed by atoms with Crippen LogP contribution in [0.5, 0.6) is 5.75 Å². The van der Waals surface area contributed by atoms with E-state index in [0.29, 0.717) is 13.2 Å². The predicted octanol–water partition coefficient (Wildman–Crippen LogP) is 2.69. The molecule has 3 rings (SSSR count). The number of urea groups is 1. The van der Waals surface area contributed by atoms with Gasteiger partial charge in [-0.2, -0.15) is 0 Å². The maximum absolute atomic E-state index is 11.4. The number of carbonyl (C=O) groups excluding carboxylic acids is 2. The van der Waals surface area contributed by atoms with Gasteiger partial charge in [0.05, 0.1) is 12.1 Å². The molecule has 1 aliphatic heterocycles. The highest BCUT2D eigenvalue weighted by molar-refractivity contribution is 6.01. The second-order valence-electron chi connectivity index (χ2n) is 9.00. The second kappa shape index (κ2) is 8.97. The number of amides is 3. The summed E-state index contributed by atoms with van der Waals surface area (Å²) in [5.41, 5.74) is 8.16. The molecular formula is C22H32N4O3. The minimum absolute atomic E-state index is 0.0151. The first-order chi connectivity index (χ1) is 13.8. The van der Waals surface area contributed by atoms with Gasteiger partial charge in [-0.1, -0.05) is 45.1 Å². The third kappa shape index (κ3) is 6.30. The zero-order chi connectivity index (χ0) is 20.9. The fourth-order valence-corrected chi connectivity index (χ4v) is 3.13. The molecule has 1 saturated heterocycles. The molecule has 1 heterocycles. The van der Waals surface area contributed by atoms with Crippen molar-refractivity contribution in [1.29, 1.82) is 0 Å². The molecule has 2 fully saturated rings. The molecule has 2 aliphatic rings. The molecule has 1 aromatic rings. The summed E-state index contributed by atoms with van der Waals surface area (Å²) in [5, 5.41) is 2.27. The maximum atomic E-state index is 11.4. The lowest BCUT2D eigenvalue weighted by Crippen LogP contribution is -2.41. The van der Waals surface area contributed by atoms with Crippen LogP contribution < -0.4 is 20.9 Å². The van der Waals surface area contributed by atoms with Crippen molar-refractivity contribution >= 4 is 11.9 Å². The molecule has 29 heavy (non-hydrogen) atoms. The number of ether oxygens (including phenoxy) is 1. The van der Waals surface area contributed by atoms with Crippen LogP contribution in [-0.2, 0) is 10.3 Å². The van der Waals surface area contributed by atoms with E-state index in [0.717, 1.165) is 31.6 Å². The van der Waals surface area contributed by atoms with Gasteiger partial charge in [0.1, 0.15) is 12.3 Å². The molecule has 3 amide bonds. The van der Waals surface area contributed by atoms with Crippen LogP contribution in [0.1, 0.15) is 45.6 Å². The van der Waals surface area contributed by atoms with Crippen molar-refractivity contribution in [2.24, 2.45) is 5.41 Å². The van der Waals surface area contributed by atoms with Crippen molar-refractivity contribution in [2.75, 3.05) is 26.2 Å². The van der Waals surface area contributed by atoms with Gasteiger partial charge in [-0.15, -0.1) is 0 Å². The molecule has 0 spiro atoms. The standard InChI is InChI=1S/C22H32N4O3/c1-21(2,3)16-29-18-9-7-8-17(14-18)22(10-11-22)25-23-12-5-4-6-13-26-15-19(27)24-20(26)28/h4,6-9,14,23,25H,5,10-13,15-16H2,1-3H3,(H,24,27,28)/b6-4+. The van der Waals surface area contributed by atoms with Crippen molar-refractivity contribution in [2.45, 2.75) is 45.6 Å². The summed E-state index contributed by atoms with van der Waals surface area (Å²) in [6.07, 6.45) is 6.96. The Morgan fingerprint density at radius 2 is 2.03 bits per heavy atom. The fraction of sp³-hybridized carbons (Fsp3) is 0.545. The number of nitrogens with one attached hydrogen (secondary N) is 3. The lowest BCUT2D eigenvalue weighted by Gasteiger charge is -2.21. The summed E-state index contributed by atoms with van der Waals surface area (Å²) in [6, 6.07) is 8.03. The summed E-state index contributed by atoms with van der Waals surface area (Å²) in [4.78, 5) is 24.1. The summed E-state index contributed by atoms with van der Waals surface area (Å²) in [7, 11) is 0. The lowest BCUT2D eigenvalue weighted by molar-refractivity contribution is -0.118. The van der Waals surface area contributed by atoms with Crippen LogP contribution in [0.25, 0.3) is 0 Å². The zero-order valence-electron chi connectivity index (χ0n) is 17.6. The SMILES string of the molecule is CC(C)(C)COc1cccc(C2(NNCC/C=C/CN3CC(=O)NC3=O)CC2)c1. The van der Waals surface area contributed by atoms with Crippen LogP contribution in [0.3, 0.4) is 0 Å². The lowest BCUT2D eigenvalue weighted by atomic mass is 9.98. The van der Waals surface area contributed by atoms with E-state index in [-0.39, 0.29) is 29.4 Å². The van der Waals surface area contributed by atoms with E-state index in [1.54, 1.807) is 0 Å². The molecule has 158 valence electrons. The fourth-order valence-electron chi connectivity index (χ4n) is 3.13. The van der Waals surface area contributed by atoms with Crippen molar-refractivity contribution in [3.05, 3.63) is 42.0 Å². The molecule has 0 bridgehead atoms. The van der Waals surface area contributed by atoms with Gasteiger partial charge in [-0.05, 0) is 42.4 Å². The van der Waals surface area contributed by atoms with E-state index in [1.807, 2.05) is 18.2 Å². The summed E-state index contributed by atoms with van der Waals surface area (Å²) in [5.74, 6) is 0.676. The summed E-state index contributed by atoms with van der Waals surface area (Å²) < 4.78 is 5.95. The third-order valence-electron chi connectivity index (χ3n) is 4.93. The van der Waals surface area contributed by atoms with Gasteiger partial charge >= 0.3 is 6.03 Å². The van der Waals surface area contributed by atoms with Gasteiger partial charge in [0.25, 0.3) is 0 Å². The molecule has 1 aliphatic carbocycles. The van der Waals surface area contributed by atoms with Crippen LogP contribution >= 0.6 is 0 Å². The summed E-state index contributed by atoms with van der Waals surface area (Å²) >= 11 is 0. The van der Waals surface area contributed by atoms with E-state index in [9.17, 15) is 9.59 Å². The Morgan fingerprint density at radius 1 is 1.24 bits per heavy atom. The molecule has 0 aromatic heterocycles. The molecule has 0 atom stereocenters. The Morgan fingerprint density at radius 3 is 2.69 bits per heavy atom. The van der Waals surface area contributed by atoms with Crippen LogP contribution in [0.15, 0.2) is 36.4 Å². The smallest absolute Gasteiger partial charge is 0.324 e. The highest BCUT2D eigenvalue weighted by atomic mass is 16.5. The van der Waals surface area contributed by atoms with E-state index in [2.05, 4.69) is 55.1 Å². The molecule has 7 nitrogen and oxygen atoms in total. The van der Waals surface area contributed by atoms with Crippen molar-refractivity contribution < 1.29 is 14.3 Å². The summed E-state index contributed by atoms with van der Waals surface area (Å²) in [6.45, 7) is 8.56. The van der Waals surface area contributed by atoms with E-state index < -0.39 is 0 Å². The Balaban J connectivity index is 1.39. The minimum atomic E-state index is -0.316. The Hall–Kier alpha value is -2.38. The maximum Gasteiger partial charge on any atom is 0.324 e. The average Bonchev–Trinajstić information content (AvgIpc) is 3.38. The van der Waals surface area contributed by atoms with Gasteiger partial charge in [0.2, 0.25) is 5.91 Å². The number of nitrogens with zero attached hydrogens (tertiary/aromatic N) is 1. The van der Waals surface area contributed by atoms with Gasteiger partial charge in [0.15, 0.2) is 0 Å². The predicted molar refractivity (Wildman–Crippen MR) is 112 cm³/mol. The first kappa shape index (κ1) is 21.3. The minimum Gasteiger partial charge on any atom is -0.493 e. The van der Waals surface area contributed by atoms with Gasteiger partial charge in [-0.3, -0.25) is 15.5 Å². The highest BCUT2D eigenvalue weighted by Gasteiger charge is 2.44. The van der Waals surface area contributed by atoms with Crippen LogP contribution in [0, 0.1) is 5.41 Å². The second-order valence-corrected chi connectivity index (χ2v) is 9.00. The van der Waals surface area contributed by atoms with Crippen LogP contribution in [0.2, 0.25) is 0 Å². The quantitative estimate of drug-likeness (QED) is 0.243. The molecule has 0 radical (unpaired) electrons. The number of benzene rings is 1. The number of imide groups is 1. The molecule has 0 unspecified atom stereocenters. The Bertz CT molecular complexity index is 766. The highest BCUT2D eigenvalue weighted by Crippen LogP contribution is 2.45. The molecule has 1 saturated carbocycles. The van der Waals surface area contributed by atoms with E-state index in [1.165, 1.54) is 10.5 Å². The van der Waals surface area contributed by atoms with Crippen LogP contribution in [0.4, 0.5) is 4.79 Å². The zero-order valence-corrected chi connectivity index (χ0v) is 17.6. The number of rotatable bonds is 10. The monoisotopic (exact) mass is 400 g/mol. The first-order valence-corrected chi connectivity index (χ1v) is 10.2. The topological polar surface area (TPSA) is 82.7 Å². The molecular weight excluding hydrogens is 368 g/mol. The largest absolute Gasteiger partial charge is 0.493 e. The van der Waals surface area contributed by atoms with E-state index >= 15 is 0 Å². The number of hydrazine groups is 1. The first-order valence-electron chi connectivity index (χ1n) is 10.2. The molecule has 1 aromatic carbocycles. The number of hydrogen-bond acceptors (Lipinski definition) is 5. The van der Waals surface area contributed by atoms with Gasteiger partial charge in [-0.25, -0.2) is 10.2 Å². The number of hydrogen-bond donors (Lipinski definition) is 3. The van der Waals surface area contributed by atoms with Crippen molar-refractivity contribution in [1.82, 2.24) is 21.1 Å². The Kier molecular flexibility index (Phi) is 6.59. The normalized spacial score (nSPS) is 18.4. The van der Waals surface area contributed by atoms with Crippen LogP contribution in [-0.4, -0.2) is 43.1 Å². The number of carbonyl (C=O) groups is 2. The average molecular weight is 401 g/mol. The van der Waals surface area contributed by atoms with Crippen molar-refractivity contribution in [3.8, 4) is 5.75 Å². The van der Waals surface area contributed by atoms with E-state index in [4.69, 9.17) is 4.74 Å². The Labute approximate surface area is 172 Å². The van der Waals surface area contributed by atoms with Gasteiger partial charge < -0.3 is 9.64 Å². The molecule has 7 heteroatoms. The third-order valence-corrected chi connectivity index (χ3v) is 4.93. The van der Waals surface area contributed by atoms with Gasteiger partial charge in [0, 0.05) is 13.1 Å². The van der Waals surface area contributed by atoms with Crippen molar-refractivity contribution in [3.63, 3.8) is 0 Å².